The van der Waals surface area contributed by atoms with Gasteiger partial charge in [-0.25, -0.2) is 0 Å². The molecule has 19 heavy (non-hydrogen) atoms. The van der Waals surface area contributed by atoms with Crippen molar-refractivity contribution < 1.29 is 14.6 Å². The molecule has 0 rings (SSSR count). The highest BCUT2D eigenvalue weighted by Crippen LogP contribution is 2.20. The molecular weight excluding hydrogens is 242 g/mol. The second kappa shape index (κ2) is 7.25. The van der Waals surface area contributed by atoms with E-state index in [0.29, 0.717) is 13.0 Å². The molecule has 0 aromatic heterocycles. The largest absolute Gasteiger partial charge is 0.480 e. The summed E-state index contributed by atoms with van der Waals surface area (Å²) < 4.78 is 5.74. The van der Waals surface area contributed by atoms with Gasteiger partial charge < -0.3 is 9.84 Å². The van der Waals surface area contributed by atoms with E-state index in [1.807, 2.05) is 20.8 Å². The Hall–Kier alpha value is -0.610. The zero-order valence-electron chi connectivity index (χ0n) is 13.5. The van der Waals surface area contributed by atoms with Crippen LogP contribution < -0.4 is 5.32 Å². The first-order valence-electron chi connectivity index (χ1n) is 7.09. The maximum atomic E-state index is 11.4. The molecule has 0 aliphatic carbocycles. The molecule has 0 aliphatic rings. The van der Waals surface area contributed by atoms with E-state index >= 15 is 0 Å². The summed E-state index contributed by atoms with van der Waals surface area (Å²) in [4.78, 5) is 11.4. The molecule has 2 unspecified atom stereocenters. The van der Waals surface area contributed by atoms with E-state index in [2.05, 4.69) is 26.1 Å². The van der Waals surface area contributed by atoms with Crippen LogP contribution in [0.3, 0.4) is 0 Å². The Bertz CT molecular complexity index is 284. The fraction of sp³-hybridized carbons (Fsp3) is 0.933. The minimum atomic E-state index is -0.935. The van der Waals surface area contributed by atoms with E-state index in [1.54, 1.807) is 6.92 Å². The minimum Gasteiger partial charge on any atom is -0.480 e. The van der Waals surface area contributed by atoms with Crippen LogP contribution in [0, 0.1) is 5.41 Å². The third-order valence-electron chi connectivity index (χ3n) is 3.03. The van der Waals surface area contributed by atoms with E-state index in [4.69, 9.17) is 4.74 Å². The lowest BCUT2D eigenvalue weighted by Gasteiger charge is -2.31. The van der Waals surface area contributed by atoms with Crippen LogP contribution in [0.5, 0.6) is 0 Å². The molecule has 0 aliphatic heterocycles. The van der Waals surface area contributed by atoms with Crippen LogP contribution >= 0.6 is 0 Å². The van der Waals surface area contributed by atoms with Crippen LogP contribution in [0.2, 0.25) is 0 Å². The zero-order valence-corrected chi connectivity index (χ0v) is 13.5. The molecule has 0 bridgehead atoms. The molecule has 4 nitrogen and oxygen atoms in total. The SMILES string of the molecule is CC(C)NC(C)(CC(C)OCCC(C)(C)C)C(=O)O. The molecule has 0 fully saturated rings. The number of carbonyl (C=O) groups is 1. The summed E-state index contributed by atoms with van der Waals surface area (Å²) in [5.41, 5.74) is -0.693. The van der Waals surface area contributed by atoms with Gasteiger partial charge in [0.2, 0.25) is 0 Å². The first-order valence-corrected chi connectivity index (χ1v) is 7.09. The van der Waals surface area contributed by atoms with Gasteiger partial charge in [-0.3, -0.25) is 10.1 Å². The van der Waals surface area contributed by atoms with Gasteiger partial charge >= 0.3 is 5.97 Å². The van der Waals surface area contributed by atoms with Crippen molar-refractivity contribution in [1.29, 1.82) is 0 Å². The summed E-state index contributed by atoms with van der Waals surface area (Å²) in [6.45, 7) is 14.7. The number of ether oxygens (including phenoxy) is 1. The van der Waals surface area contributed by atoms with Crippen molar-refractivity contribution in [3.05, 3.63) is 0 Å². The van der Waals surface area contributed by atoms with Crippen molar-refractivity contribution in [3.63, 3.8) is 0 Å². The van der Waals surface area contributed by atoms with E-state index < -0.39 is 11.5 Å². The molecule has 2 N–H and O–H groups in total. The molecule has 114 valence electrons. The van der Waals surface area contributed by atoms with Gasteiger partial charge in [-0.15, -0.1) is 0 Å². The molecule has 0 amide bonds. The third kappa shape index (κ3) is 8.22. The Labute approximate surface area is 117 Å². The summed E-state index contributed by atoms with van der Waals surface area (Å²) >= 11 is 0. The predicted octanol–water partition coefficient (Wildman–Crippen LogP) is 3.06. The minimum absolute atomic E-state index is 0.0744. The molecule has 0 heterocycles. The van der Waals surface area contributed by atoms with Crippen LogP contribution in [0.1, 0.15) is 61.3 Å². The van der Waals surface area contributed by atoms with Crippen molar-refractivity contribution in [2.24, 2.45) is 5.41 Å². The zero-order chi connectivity index (χ0) is 15.3. The summed E-state index contributed by atoms with van der Waals surface area (Å²) in [7, 11) is 0. The van der Waals surface area contributed by atoms with Crippen LogP contribution in [-0.2, 0) is 9.53 Å². The molecule has 0 saturated heterocycles. The van der Waals surface area contributed by atoms with Crippen molar-refractivity contribution in [3.8, 4) is 0 Å². The van der Waals surface area contributed by atoms with Crippen LogP contribution in [0.25, 0.3) is 0 Å². The normalized spacial score (nSPS) is 17.3. The average Bonchev–Trinajstić information content (AvgIpc) is 2.12. The third-order valence-corrected chi connectivity index (χ3v) is 3.03. The number of carboxylic acid groups (broad SMARTS) is 1. The van der Waals surface area contributed by atoms with Gasteiger partial charge in [-0.05, 0) is 39.5 Å². The number of nitrogens with one attached hydrogen (secondary N) is 1. The van der Waals surface area contributed by atoms with E-state index in [0.717, 1.165) is 6.42 Å². The molecule has 4 heteroatoms. The second-order valence-corrected chi connectivity index (χ2v) is 7.13. The van der Waals surface area contributed by atoms with Crippen LogP contribution in [0.15, 0.2) is 0 Å². The van der Waals surface area contributed by atoms with Gasteiger partial charge in [0.05, 0.1) is 6.10 Å². The molecule has 0 aromatic rings. The molecule has 0 radical (unpaired) electrons. The number of rotatable bonds is 8. The topological polar surface area (TPSA) is 58.6 Å². The fourth-order valence-corrected chi connectivity index (χ4v) is 2.05. The van der Waals surface area contributed by atoms with Gasteiger partial charge in [0.15, 0.2) is 0 Å². The number of carboxylic acids is 1. The van der Waals surface area contributed by atoms with Gasteiger partial charge in [-0.1, -0.05) is 20.8 Å². The number of hydrogen-bond donors (Lipinski definition) is 2. The molecule has 0 spiro atoms. The summed E-state index contributed by atoms with van der Waals surface area (Å²) in [5, 5.41) is 12.5. The number of aliphatic carboxylic acids is 1. The van der Waals surface area contributed by atoms with Crippen molar-refractivity contribution in [2.45, 2.75) is 79.0 Å². The standard InChI is InChI=1S/C15H31NO3/c1-11(2)16-15(7,13(17)18)10-12(3)19-9-8-14(4,5)6/h11-12,16H,8-10H2,1-7H3,(H,17,18). The van der Waals surface area contributed by atoms with Crippen molar-refractivity contribution in [1.82, 2.24) is 5.32 Å². The first-order chi connectivity index (χ1) is 8.46. The second-order valence-electron chi connectivity index (χ2n) is 7.13. The summed E-state index contributed by atoms with van der Waals surface area (Å²) in [5.74, 6) is -0.826. The quantitative estimate of drug-likeness (QED) is 0.713. The summed E-state index contributed by atoms with van der Waals surface area (Å²) in [6.07, 6.45) is 1.36. The molecule has 2 atom stereocenters. The van der Waals surface area contributed by atoms with E-state index in [9.17, 15) is 9.90 Å². The molecule has 0 aromatic carbocycles. The Kier molecular flexibility index (Phi) is 7.01. The Morgan fingerprint density at radius 1 is 1.21 bits per heavy atom. The lowest BCUT2D eigenvalue weighted by atomic mass is 9.92. The van der Waals surface area contributed by atoms with Gasteiger partial charge in [-0.2, -0.15) is 0 Å². The lowest BCUT2D eigenvalue weighted by molar-refractivity contribution is -0.146. The highest BCUT2D eigenvalue weighted by molar-refractivity contribution is 5.78. The highest BCUT2D eigenvalue weighted by atomic mass is 16.5. The van der Waals surface area contributed by atoms with Crippen molar-refractivity contribution in [2.75, 3.05) is 6.61 Å². The van der Waals surface area contributed by atoms with Gasteiger partial charge in [0.1, 0.15) is 5.54 Å². The Balaban J connectivity index is 4.33. The Morgan fingerprint density at radius 3 is 2.11 bits per heavy atom. The van der Waals surface area contributed by atoms with Gasteiger partial charge in [0.25, 0.3) is 0 Å². The predicted molar refractivity (Wildman–Crippen MR) is 78.4 cm³/mol. The van der Waals surface area contributed by atoms with E-state index in [-0.39, 0.29) is 17.6 Å². The fourth-order valence-electron chi connectivity index (χ4n) is 2.05. The first kappa shape index (κ1) is 18.4. The monoisotopic (exact) mass is 273 g/mol. The maximum absolute atomic E-state index is 11.4. The van der Waals surface area contributed by atoms with Crippen molar-refractivity contribution >= 4 is 5.97 Å². The number of hydrogen-bond acceptors (Lipinski definition) is 3. The Morgan fingerprint density at radius 2 is 1.74 bits per heavy atom. The average molecular weight is 273 g/mol. The maximum Gasteiger partial charge on any atom is 0.323 e. The van der Waals surface area contributed by atoms with Crippen LogP contribution in [-0.4, -0.2) is 35.4 Å². The lowest BCUT2D eigenvalue weighted by Crippen LogP contribution is -2.54. The molecular formula is C15H31NO3. The van der Waals surface area contributed by atoms with E-state index in [1.165, 1.54) is 0 Å². The smallest absolute Gasteiger partial charge is 0.323 e. The van der Waals surface area contributed by atoms with Crippen LogP contribution in [0.4, 0.5) is 0 Å². The van der Waals surface area contributed by atoms with Gasteiger partial charge in [0, 0.05) is 19.1 Å². The highest BCUT2D eigenvalue weighted by Gasteiger charge is 2.35. The molecule has 0 saturated carbocycles. The summed E-state index contributed by atoms with van der Waals surface area (Å²) in [6, 6.07) is 0.128.